The fourth-order valence-corrected chi connectivity index (χ4v) is 6.92. The number of nitrogens with zero attached hydrogens (tertiary/aromatic N) is 2. The maximum atomic E-state index is 14.1. The number of fused-ring (bicyclic) bond motifs is 1. The van der Waals surface area contributed by atoms with Gasteiger partial charge >= 0.3 is 0 Å². The summed E-state index contributed by atoms with van der Waals surface area (Å²) in [7, 11) is -5.82. The second-order valence-electron chi connectivity index (χ2n) is 10.6. The van der Waals surface area contributed by atoms with Crippen LogP contribution in [0.25, 0.3) is 0 Å². The van der Waals surface area contributed by atoms with Crippen LogP contribution < -0.4 is 9.46 Å². The van der Waals surface area contributed by atoms with E-state index in [2.05, 4.69) is 4.72 Å². The number of aliphatic hydroxyl groups is 1. The van der Waals surface area contributed by atoms with Crippen molar-refractivity contribution in [3.63, 3.8) is 0 Å². The summed E-state index contributed by atoms with van der Waals surface area (Å²) < 4.78 is 66.3. The first-order chi connectivity index (χ1) is 19.2. The molecule has 2 heterocycles. The van der Waals surface area contributed by atoms with Crippen molar-refractivity contribution in [2.24, 2.45) is 5.92 Å². The Hall–Kier alpha value is -2.23. The number of anilines is 1. The Bertz CT molecular complexity index is 1370. The third-order valence-corrected chi connectivity index (χ3v) is 11.1. The average molecular weight is 632 g/mol. The predicted molar refractivity (Wildman–Crippen MR) is 159 cm³/mol. The summed E-state index contributed by atoms with van der Waals surface area (Å²) in [5, 5.41) is 11.7. The molecule has 1 aliphatic rings. The van der Waals surface area contributed by atoms with E-state index in [1.807, 2.05) is 13.8 Å². The number of likely N-dealkylation sites (N-methyl/N-ethyl adjacent to an activating group) is 1. The highest BCUT2D eigenvalue weighted by Crippen LogP contribution is 2.30. The van der Waals surface area contributed by atoms with Crippen LogP contribution in [-0.2, 0) is 24.8 Å². The van der Waals surface area contributed by atoms with E-state index in [1.54, 1.807) is 30.5 Å². The predicted octanol–water partition coefficient (Wildman–Crippen LogP) is 3.24. The van der Waals surface area contributed by atoms with Crippen LogP contribution in [0.1, 0.15) is 50.4 Å². The number of aliphatic hydroxyl groups excluding tert-OH is 1. The van der Waals surface area contributed by atoms with Crippen molar-refractivity contribution in [3.8, 4) is 5.75 Å². The number of carbonyl (C=O) groups excluding carboxylic acids is 1. The molecule has 41 heavy (non-hydrogen) atoms. The minimum atomic E-state index is -3.86. The van der Waals surface area contributed by atoms with Crippen molar-refractivity contribution in [1.82, 2.24) is 9.21 Å². The fraction of sp³-hybridized carbons (Fsp3) is 0.593. The summed E-state index contributed by atoms with van der Waals surface area (Å²) >= 11 is 1.08. The lowest BCUT2D eigenvalue weighted by Crippen LogP contribution is -2.47. The molecule has 2 N–H and O–H groups in total. The number of carbonyl (C=O) groups is 1. The SMILES string of the molecule is C[C@@H]1CN([C@H](C)CO)C(=O)c2cc(NS(=O)(=O)c3cccs3)ccc2O[C@@H](C)CCCCO[C@@H]1CN(C)S(C)(=O)=O. The Morgan fingerprint density at radius 2 is 1.93 bits per heavy atom. The molecule has 1 aliphatic heterocycles. The van der Waals surface area contributed by atoms with E-state index in [4.69, 9.17) is 9.47 Å². The first kappa shape index (κ1) is 33.3. The molecular weight excluding hydrogens is 591 g/mol. The minimum absolute atomic E-state index is 0.111. The minimum Gasteiger partial charge on any atom is -0.490 e. The molecule has 3 rings (SSSR count). The lowest BCUT2D eigenvalue weighted by molar-refractivity contribution is -0.00828. The van der Waals surface area contributed by atoms with Crippen molar-refractivity contribution in [1.29, 1.82) is 0 Å². The lowest BCUT2D eigenvalue weighted by atomic mass is 10.0. The number of amides is 1. The number of hydrogen-bond donors (Lipinski definition) is 2. The standard InChI is InChI=1S/C27H41N3O8S3/c1-19-16-30(20(2)18-31)27(32)23-15-22(28-41(35,36)26-10-8-14-39-26)11-12-24(23)38-21(3)9-6-7-13-37-25(19)17-29(4)40(5,33)34/h8,10-12,14-15,19-21,25,28,31H,6-7,9,13,16-18H2,1-5H3/t19-,20-,21+,25-/m1/s1. The van der Waals surface area contributed by atoms with Crippen LogP contribution in [0, 0.1) is 5.92 Å². The van der Waals surface area contributed by atoms with Crippen LogP contribution in [0.15, 0.2) is 39.9 Å². The van der Waals surface area contributed by atoms with Crippen LogP contribution in [0.2, 0.25) is 0 Å². The van der Waals surface area contributed by atoms with Gasteiger partial charge in [-0.3, -0.25) is 9.52 Å². The van der Waals surface area contributed by atoms with Gasteiger partial charge in [0.05, 0.1) is 36.7 Å². The van der Waals surface area contributed by atoms with Gasteiger partial charge in [-0.1, -0.05) is 13.0 Å². The average Bonchev–Trinajstić information content (AvgIpc) is 3.46. The summed E-state index contributed by atoms with van der Waals surface area (Å²) in [6, 6.07) is 7.13. The van der Waals surface area contributed by atoms with E-state index in [9.17, 15) is 26.7 Å². The lowest BCUT2D eigenvalue weighted by Gasteiger charge is -2.35. The second kappa shape index (κ2) is 14.3. The Morgan fingerprint density at radius 3 is 2.56 bits per heavy atom. The second-order valence-corrected chi connectivity index (χ2v) is 15.5. The molecule has 0 bridgehead atoms. The van der Waals surface area contributed by atoms with Gasteiger partial charge in [0, 0.05) is 38.3 Å². The summed E-state index contributed by atoms with van der Waals surface area (Å²) in [6.07, 6.45) is 2.60. The van der Waals surface area contributed by atoms with Gasteiger partial charge < -0.3 is 19.5 Å². The molecule has 4 atom stereocenters. The fourth-order valence-electron chi connectivity index (χ4n) is 4.46. The van der Waals surface area contributed by atoms with Crippen LogP contribution in [0.5, 0.6) is 5.75 Å². The molecule has 0 saturated heterocycles. The van der Waals surface area contributed by atoms with E-state index in [0.717, 1.165) is 30.4 Å². The van der Waals surface area contributed by atoms with Gasteiger partial charge in [-0.15, -0.1) is 11.3 Å². The maximum Gasteiger partial charge on any atom is 0.271 e. The zero-order valence-corrected chi connectivity index (χ0v) is 26.6. The molecule has 0 aliphatic carbocycles. The molecule has 1 aromatic carbocycles. The molecule has 0 unspecified atom stereocenters. The van der Waals surface area contributed by atoms with Gasteiger partial charge in [-0.05, 0) is 62.8 Å². The Morgan fingerprint density at radius 1 is 1.20 bits per heavy atom. The molecule has 0 radical (unpaired) electrons. The third kappa shape index (κ3) is 9.13. The number of rotatable bonds is 8. The van der Waals surface area contributed by atoms with Crippen molar-refractivity contribution in [2.45, 2.75) is 62.5 Å². The van der Waals surface area contributed by atoms with Crippen LogP contribution in [0.3, 0.4) is 0 Å². The number of nitrogens with one attached hydrogen (secondary N) is 1. The highest BCUT2D eigenvalue weighted by molar-refractivity contribution is 7.94. The molecule has 230 valence electrons. The molecular formula is C27H41N3O8S3. The van der Waals surface area contributed by atoms with E-state index in [1.165, 1.54) is 28.4 Å². The van der Waals surface area contributed by atoms with Crippen molar-refractivity contribution in [2.75, 3.05) is 44.3 Å². The van der Waals surface area contributed by atoms with Crippen LogP contribution in [0.4, 0.5) is 5.69 Å². The molecule has 0 fully saturated rings. The van der Waals surface area contributed by atoms with Crippen molar-refractivity contribution < 1.29 is 36.2 Å². The van der Waals surface area contributed by atoms with Gasteiger partial charge in [-0.2, -0.15) is 0 Å². The van der Waals surface area contributed by atoms with E-state index < -0.39 is 38.1 Å². The number of sulfonamides is 2. The normalized spacial score (nSPS) is 22.5. The summed E-state index contributed by atoms with van der Waals surface area (Å²) in [5.41, 5.74) is 0.349. The Labute approximate surface area is 247 Å². The first-order valence-corrected chi connectivity index (χ1v) is 17.8. The van der Waals surface area contributed by atoms with Gasteiger partial charge in [-0.25, -0.2) is 21.1 Å². The van der Waals surface area contributed by atoms with Crippen molar-refractivity contribution >= 4 is 43.0 Å². The third-order valence-electron chi connectivity index (χ3n) is 7.07. The largest absolute Gasteiger partial charge is 0.490 e. The van der Waals surface area contributed by atoms with Crippen molar-refractivity contribution in [3.05, 3.63) is 41.3 Å². The molecule has 2 aromatic rings. The topological polar surface area (TPSA) is 143 Å². The van der Waals surface area contributed by atoms with Gasteiger partial charge in [0.15, 0.2) is 0 Å². The van der Waals surface area contributed by atoms with Crippen LogP contribution in [-0.4, -0.2) is 94.9 Å². The van der Waals surface area contributed by atoms with E-state index in [0.29, 0.717) is 18.8 Å². The highest BCUT2D eigenvalue weighted by Gasteiger charge is 2.31. The maximum absolute atomic E-state index is 14.1. The number of benzene rings is 1. The van der Waals surface area contributed by atoms with E-state index >= 15 is 0 Å². The molecule has 14 heteroatoms. The Balaban J connectivity index is 2.02. The Kier molecular flexibility index (Phi) is 11.6. The van der Waals surface area contributed by atoms with E-state index in [-0.39, 0.29) is 47.2 Å². The molecule has 1 aromatic heterocycles. The molecule has 0 saturated carbocycles. The number of ether oxygens (including phenoxy) is 2. The summed E-state index contributed by atoms with van der Waals surface area (Å²) in [6.45, 7) is 5.86. The first-order valence-electron chi connectivity index (χ1n) is 13.5. The summed E-state index contributed by atoms with van der Waals surface area (Å²) in [4.78, 5) is 15.6. The molecule has 1 amide bonds. The highest BCUT2D eigenvalue weighted by atomic mass is 32.2. The zero-order chi connectivity index (χ0) is 30.4. The quantitative estimate of drug-likeness (QED) is 0.452. The number of thiophene rings is 1. The smallest absolute Gasteiger partial charge is 0.271 e. The van der Waals surface area contributed by atoms with Gasteiger partial charge in [0.2, 0.25) is 10.0 Å². The molecule has 11 nitrogen and oxygen atoms in total. The monoisotopic (exact) mass is 631 g/mol. The zero-order valence-electron chi connectivity index (χ0n) is 24.1. The number of hydrogen-bond acceptors (Lipinski definition) is 9. The summed E-state index contributed by atoms with van der Waals surface area (Å²) in [5.74, 6) is -0.444. The molecule has 0 spiro atoms. The van der Waals surface area contributed by atoms with Crippen LogP contribution >= 0.6 is 11.3 Å². The van der Waals surface area contributed by atoms with Gasteiger partial charge in [0.25, 0.3) is 15.9 Å². The van der Waals surface area contributed by atoms with Gasteiger partial charge in [0.1, 0.15) is 9.96 Å².